The van der Waals surface area contributed by atoms with Gasteiger partial charge in [-0.1, -0.05) is 12.1 Å². The molecule has 4 rings (SSSR count). The molecule has 2 aliphatic rings. The van der Waals surface area contributed by atoms with Crippen LogP contribution in [0.25, 0.3) is 10.9 Å². The summed E-state index contributed by atoms with van der Waals surface area (Å²) in [5.74, 6) is 0.216. The molecule has 2 atom stereocenters. The molecular weight excluding hydrogens is 328 g/mol. The van der Waals surface area contributed by atoms with Gasteiger partial charge in [0.05, 0.1) is 17.2 Å². The van der Waals surface area contributed by atoms with Gasteiger partial charge in [0.25, 0.3) is 5.56 Å². The van der Waals surface area contributed by atoms with Crippen LogP contribution in [0.5, 0.6) is 0 Å². The van der Waals surface area contributed by atoms with E-state index in [0.717, 1.165) is 19.5 Å². The van der Waals surface area contributed by atoms with E-state index in [1.54, 1.807) is 17.0 Å². The van der Waals surface area contributed by atoms with E-state index in [2.05, 4.69) is 16.9 Å². The highest BCUT2D eigenvalue weighted by molar-refractivity contribution is 5.77. The number of hydrogen-bond acceptors (Lipinski definition) is 4. The topological polar surface area (TPSA) is 58.4 Å². The number of likely N-dealkylation sites (tertiary alicyclic amines) is 1. The van der Waals surface area contributed by atoms with Gasteiger partial charge in [-0.15, -0.1) is 0 Å². The molecule has 0 saturated carbocycles. The molecule has 2 fully saturated rings. The van der Waals surface area contributed by atoms with Crippen molar-refractivity contribution < 1.29 is 4.79 Å². The lowest BCUT2D eigenvalue weighted by Crippen LogP contribution is -2.39. The van der Waals surface area contributed by atoms with E-state index >= 15 is 0 Å². The molecule has 138 valence electrons. The summed E-state index contributed by atoms with van der Waals surface area (Å²) >= 11 is 0. The fraction of sp³-hybridized carbons (Fsp3) is 0.550. The predicted molar refractivity (Wildman–Crippen MR) is 101 cm³/mol. The van der Waals surface area contributed by atoms with Crippen molar-refractivity contribution in [1.29, 1.82) is 0 Å². The van der Waals surface area contributed by atoms with Crippen molar-refractivity contribution in [2.45, 2.75) is 50.7 Å². The average Bonchev–Trinajstić information content (AvgIpc) is 2.89. The molecule has 2 aromatic rings. The quantitative estimate of drug-likeness (QED) is 0.841. The molecule has 2 aliphatic heterocycles. The first-order chi connectivity index (χ1) is 12.6. The number of amides is 1. The van der Waals surface area contributed by atoms with Crippen LogP contribution in [0.15, 0.2) is 35.4 Å². The Bertz CT molecular complexity index is 862. The summed E-state index contributed by atoms with van der Waals surface area (Å²) in [6.07, 6.45) is 6.28. The number of benzene rings is 1. The van der Waals surface area contributed by atoms with E-state index < -0.39 is 0 Å². The lowest BCUT2D eigenvalue weighted by molar-refractivity contribution is -0.131. The van der Waals surface area contributed by atoms with E-state index in [1.165, 1.54) is 12.8 Å². The standard InChI is InChI=1S/C20H26N4O2/c1-22-15-8-9-16(22)13-23(12-10-15)19(25)7-4-11-24-14-21-18-6-3-2-5-17(18)20(24)26/h2-3,5-6,14-16H,4,7-13H2,1H3/t15-,16+/m0/s1. The summed E-state index contributed by atoms with van der Waals surface area (Å²) < 4.78 is 1.62. The van der Waals surface area contributed by atoms with Gasteiger partial charge >= 0.3 is 0 Å². The molecular formula is C20H26N4O2. The van der Waals surface area contributed by atoms with Crippen molar-refractivity contribution in [2.75, 3.05) is 20.1 Å². The highest BCUT2D eigenvalue weighted by Gasteiger charge is 2.35. The molecule has 2 bridgehead atoms. The average molecular weight is 354 g/mol. The number of fused-ring (bicyclic) bond motifs is 3. The molecule has 1 aromatic carbocycles. The van der Waals surface area contributed by atoms with E-state index in [4.69, 9.17) is 0 Å². The largest absolute Gasteiger partial charge is 0.341 e. The number of likely N-dealkylation sites (N-methyl/N-ethyl adjacent to an activating group) is 1. The van der Waals surface area contributed by atoms with Crippen LogP contribution in [0.3, 0.4) is 0 Å². The Labute approximate surface area is 153 Å². The van der Waals surface area contributed by atoms with Gasteiger partial charge < -0.3 is 4.90 Å². The third-order valence-electron chi connectivity index (χ3n) is 6.02. The third kappa shape index (κ3) is 3.26. The molecule has 2 saturated heterocycles. The summed E-state index contributed by atoms with van der Waals surface area (Å²) in [7, 11) is 2.19. The summed E-state index contributed by atoms with van der Waals surface area (Å²) in [6, 6.07) is 8.52. The minimum absolute atomic E-state index is 0.0308. The monoisotopic (exact) mass is 354 g/mol. The summed E-state index contributed by atoms with van der Waals surface area (Å²) in [5.41, 5.74) is 0.685. The van der Waals surface area contributed by atoms with E-state index in [0.29, 0.717) is 42.4 Å². The molecule has 0 spiro atoms. The first kappa shape index (κ1) is 17.2. The van der Waals surface area contributed by atoms with Crippen LogP contribution >= 0.6 is 0 Å². The second-order valence-electron chi connectivity index (χ2n) is 7.54. The number of para-hydroxylation sites is 1. The molecule has 6 heteroatoms. The summed E-state index contributed by atoms with van der Waals surface area (Å²) in [4.78, 5) is 33.9. The minimum Gasteiger partial charge on any atom is -0.341 e. The van der Waals surface area contributed by atoms with E-state index in [9.17, 15) is 9.59 Å². The molecule has 0 radical (unpaired) electrons. The van der Waals surface area contributed by atoms with Crippen LogP contribution in [-0.2, 0) is 11.3 Å². The molecule has 1 aromatic heterocycles. The lowest BCUT2D eigenvalue weighted by Gasteiger charge is -2.26. The third-order valence-corrected chi connectivity index (χ3v) is 6.02. The number of carbonyl (C=O) groups is 1. The van der Waals surface area contributed by atoms with Gasteiger partial charge in [-0.2, -0.15) is 0 Å². The van der Waals surface area contributed by atoms with Crippen LogP contribution < -0.4 is 5.56 Å². The molecule has 6 nitrogen and oxygen atoms in total. The maximum absolute atomic E-state index is 12.6. The number of aryl methyl sites for hydroxylation is 1. The van der Waals surface area contributed by atoms with Gasteiger partial charge in [-0.05, 0) is 44.9 Å². The molecule has 0 aliphatic carbocycles. The number of rotatable bonds is 4. The van der Waals surface area contributed by atoms with Crippen molar-refractivity contribution >= 4 is 16.8 Å². The fourth-order valence-corrected chi connectivity index (χ4v) is 4.36. The van der Waals surface area contributed by atoms with Gasteiger partial charge in [0.1, 0.15) is 0 Å². The van der Waals surface area contributed by atoms with Crippen molar-refractivity contribution in [3.05, 3.63) is 40.9 Å². The van der Waals surface area contributed by atoms with Crippen LogP contribution in [-0.4, -0.2) is 57.5 Å². The smallest absolute Gasteiger partial charge is 0.261 e. The predicted octanol–water partition coefficient (Wildman–Crippen LogP) is 1.87. The van der Waals surface area contributed by atoms with E-state index in [1.807, 2.05) is 23.1 Å². The van der Waals surface area contributed by atoms with Crippen molar-refractivity contribution in [2.24, 2.45) is 0 Å². The molecule has 0 N–H and O–H groups in total. The van der Waals surface area contributed by atoms with Gasteiger partial charge in [0.15, 0.2) is 0 Å². The zero-order valence-electron chi connectivity index (χ0n) is 15.3. The Morgan fingerprint density at radius 3 is 2.88 bits per heavy atom. The molecule has 26 heavy (non-hydrogen) atoms. The highest BCUT2D eigenvalue weighted by Crippen LogP contribution is 2.28. The SMILES string of the molecule is CN1[C@H]2CC[C@@H]1CN(C(=O)CCCn1cnc3ccccc3c1=O)CC2. The second-order valence-corrected chi connectivity index (χ2v) is 7.54. The van der Waals surface area contributed by atoms with Gasteiger partial charge in [0, 0.05) is 38.1 Å². The summed E-state index contributed by atoms with van der Waals surface area (Å²) in [5, 5.41) is 0.632. The Morgan fingerprint density at radius 2 is 2.00 bits per heavy atom. The number of aromatic nitrogens is 2. The normalized spacial score (nSPS) is 23.3. The van der Waals surface area contributed by atoms with Gasteiger partial charge in [0.2, 0.25) is 5.91 Å². The van der Waals surface area contributed by atoms with Crippen molar-refractivity contribution in [1.82, 2.24) is 19.4 Å². The van der Waals surface area contributed by atoms with Gasteiger partial charge in [-0.25, -0.2) is 4.98 Å². The highest BCUT2D eigenvalue weighted by atomic mass is 16.2. The number of hydrogen-bond donors (Lipinski definition) is 0. The zero-order valence-corrected chi connectivity index (χ0v) is 15.3. The molecule has 1 amide bonds. The number of carbonyl (C=O) groups excluding carboxylic acids is 1. The minimum atomic E-state index is -0.0308. The second kappa shape index (κ2) is 7.19. The van der Waals surface area contributed by atoms with Crippen LogP contribution in [0.1, 0.15) is 32.1 Å². The van der Waals surface area contributed by atoms with E-state index in [-0.39, 0.29) is 11.5 Å². The van der Waals surface area contributed by atoms with Gasteiger partial charge in [-0.3, -0.25) is 19.1 Å². The van der Waals surface area contributed by atoms with Crippen LogP contribution in [0, 0.1) is 0 Å². The van der Waals surface area contributed by atoms with Crippen molar-refractivity contribution in [3.8, 4) is 0 Å². The van der Waals surface area contributed by atoms with Crippen LogP contribution in [0.4, 0.5) is 0 Å². The molecule has 0 unspecified atom stereocenters. The Hall–Kier alpha value is -2.21. The maximum atomic E-state index is 12.6. The lowest BCUT2D eigenvalue weighted by atomic mass is 10.1. The number of nitrogens with zero attached hydrogens (tertiary/aromatic N) is 4. The van der Waals surface area contributed by atoms with Crippen LogP contribution in [0.2, 0.25) is 0 Å². The maximum Gasteiger partial charge on any atom is 0.261 e. The first-order valence-electron chi connectivity index (χ1n) is 9.57. The van der Waals surface area contributed by atoms with Crippen molar-refractivity contribution in [3.63, 3.8) is 0 Å². The zero-order chi connectivity index (χ0) is 18.1. The fourth-order valence-electron chi connectivity index (χ4n) is 4.36. The summed E-state index contributed by atoms with van der Waals surface area (Å²) in [6.45, 7) is 2.24. The first-order valence-corrected chi connectivity index (χ1v) is 9.57. The molecule has 3 heterocycles. The Morgan fingerprint density at radius 1 is 1.19 bits per heavy atom. The Kier molecular flexibility index (Phi) is 4.76. The Balaban J connectivity index is 1.35.